The molecular formula is C21H16ClFN2O3. The van der Waals surface area contributed by atoms with E-state index in [4.69, 9.17) is 16.3 Å². The van der Waals surface area contributed by atoms with Gasteiger partial charge in [0, 0.05) is 22.5 Å². The van der Waals surface area contributed by atoms with Crippen molar-refractivity contribution in [1.82, 2.24) is 0 Å². The monoisotopic (exact) mass is 398 g/mol. The van der Waals surface area contributed by atoms with E-state index in [9.17, 15) is 14.0 Å². The van der Waals surface area contributed by atoms with E-state index in [1.807, 2.05) is 0 Å². The highest BCUT2D eigenvalue weighted by molar-refractivity contribution is 6.32. The van der Waals surface area contributed by atoms with Crippen LogP contribution in [0.4, 0.5) is 15.8 Å². The number of halogens is 2. The van der Waals surface area contributed by atoms with Gasteiger partial charge in [-0.15, -0.1) is 0 Å². The van der Waals surface area contributed by atoms with Crippen molar-refractivity contribution >= 4 is 34.8 Å². The number of ether oxygens (including phenoxy) is 1. The molecule has 0 saturated heterocycles. The van der Waals surface area contributed by atoms with Crippen LogP contribution in [0.3, 0.4) is 0 Å². The second-order valence-electron chi connectivity index (χ2n) is 5.84. The first-order valence-corrected chi connectivity index (χ1v) is 8.66. The van der Waals surface area contributed by atoms with Crippen molar-refractivity contribution in [3.8, 4) is 5.75 Å². The molecule has 0 unspecified atom stereocenters. The van der Waals surface area contributed by atoms with Gasteiger partial charge in [-0.3, -0.25) is 9.59 Å². The fourth-order valence-electron chi connectivity index (χ4n) is 2.46. The van der Waals surface area contributed by atoms with Crippen LogP contribution in [0.1, 0.15) is 20.7 Å². The Bertz CT molecular complexity index is 1010. The molecule has 7 heteroatoms. The molecule has 2 N–H and O–H groups in total. The number of carbonyl (C=O) groups excluding carboxylic acids is 2. The first-order valence-electron chi connectivity index (χ1n) is 8.28. The minimum absolute atomic E-state index is 0.341. The van der Waals surface area contributed by atoms with E-state index in [0.29, 0.717) is 33.3 Å². The summed E-state index contributed by atoms with van der Waals surface area (Å²) in [6.07, 6.45) is 0. The molecule has 0 aliphatic carbocycles. The Morgan fingerprint density at radius 3 is 1.82 bits per heavy atom. The van der Waals surface area contributed by atoms with Crippen molar-refractivity contribution in [2.45, 2.75) is 0 Å². The van der Waals surface area contributed by atoms with Gasteiger partial charge in [0.2, 0.25) is 0 Å². The maximum Gasteiger partial charge on any atom is 0.255 e. The van der Waals surface area contributed by atoms with Gasteiger partial charge in [0.25, 0.3) is 11.8 Å². The number of amides is 2. The lowest BCUT2D eigenvalue weighted by Gasteiger charge is -2.09. The predicted molar refractivity (Wildman–Crippen MR) is 107 cm³/mol. The smallest absolute Gasteiger partial charge is 0.255 e. The molecule has 3 aromatic rings. The van der Waals surface area contributed by atoms with Gasteiger partial charge < -0.3 is 15.4 Å². The summed E-state index contributed by atoms with van der Waals surface area (Å²) in [5.74, 6) is -0.574. The Labute approximate surface area is 166 Å². The third-order valence-corrected chi connectivity index (χ3v) is 4.22. The number of hydrogen-bond acceptors (Lipinski definition) is 3. The Morgan fingerprint density at radius 1 is 0.821 bits per heavy atom. The molecule has 0 aromatic heterocycles. The molecule has 0 spiro atoms. The van der Waals surface area contributed by atoms with Gasteiger partial charge in [-0.05, 0) is 66.7 Å². The zero-order chi connectivity index (χ0) is 20.1. The minimum atomic E-state index is -0.383. The third kappa shape index (κ3) is 4.66. The summed E-state index contributed by atoms with van der Waals surface area (Å²) >= 11 is 6.05. The molecule has 142 valence electrons. The van der Waals surface area contributed by atoms with Crippen LogP contribution in [-0.4, -0.2) is 18.9 Å². The van der Waals surface area contributed by atoms with Crippen molar-refractivity contribution in [1.29, 1.82) is 0 Å². The van der Waals surface area contributed by atoms with Crippen LogP contribution in [0.25, 0.3) is 0 Å². The molecule has 0 bridgehead atoms. The first-order chi connectivity index (χ1) is 13.5. The first kappa shape index (κ1) is 19.4. The molecule has 0 saturated carbocycles. The second-order valence-corrected chi connectivity index (χ2v) is 6.25. The Balaban J connectivity index is 1.66. The summed E-state index contributed by atoms with van der Waals surface area (Å²) in [5.41, 5.74) is 1.75. The molecule has 28 heavy (non-hydrogen) atoms. The van der Waals surface area contributed by atoms with Gasteiger partial charge in [-0.2, -0.15) is 0 Å². The number of benzene rings is 3. The van der Waals surface area contributed by atoms with E-state index in [2.05, 4.69) is 10.6 Å². The molecule has 0 heterocycles. The molecule has 0 aliphatic heterocycles. The standard InChI is InChI=1S/C21H16ClFN2O3/c1-28-19-11-10-17(12-18(19)22)25-21(27)14-4-2-13(3-5-14)20(26)24-16-8-6-15(23)7-9-16/h2-12H,1H3,(H,24,26)(H,25,27). The van der Waals surface area contributed by atoms with Crippen LogP contribution in [0.5, 0.6) is 5.75 Å². The van der Waals surface area contributed by atoms with Crippen LogP contribution in [0.15, 0.2) is 66.7 Å². The summed E-state index contributed by atoms with van der Waals surface area (Å²) in [4.78, 5) is 24.6. The average molecular weight is 399 g/mol. The van der Waals surface area contributed by atoms with E-state index >= 15 is 0 Å². The van der Waals surface area contributed by atoms with E-state index in [1.165, 1.54) is 43.5 Å². The molecule has 3 rings (SSSR count). The zero-order valence-electron chi connectivity index (χ0n) is 14.8. The van der Waals surface area contributed by atoms with E-state index < -0.39 is 0 Å². The highest BCUT2D eigenvalue weighted by atomic mass is 35.5. The third-order valence-electron chi connectivity index (χ3n) is 3.92. The van der Waals surface area contributed by atoms with Gasteiger partial charge in [-0.1, -0.05) is 11.6 Å². The van der Waals surface area contributed by atoms with Crippen molar-refractivity contribution < 1.29 is 18.7 Å². The number of anilines is 2. The van der Waals surface area contributed by atoms with E-state index in [0.717, 1.165) is 0 Å². The van der Waals surface area contributed by atoms with Gasteiger partial charge in [0.1, 0.15) is 11.6 Å². The topological polar surface area (TPSA) is 67.4 Å². The van der Waals surface area contributed by atoms with Gasteiger partial charge in [0.15, 0.2) is 0 Å². The molecule has 0 aliphatic rings. The summed E-state index contributed by atoms with van der Waals surface area (Å²) in [5, 5.41) is 5.77. The number of rotatable bonds is 5. The zero-order valence-corrected chi connectivity index (χ0v) is 15.6. The average Bonchev–Trinajstić information content (AvgIpc) is 2.70. The molecular weight excluding hydrogens is 383 g/mol. The van der Waals surface area contributed by atoms with Crippen molar-refractivity contribution in [2.75, 3.05) is 17.7 Å². The maximum atomic E-state index is 12.9. The largest absolute Gasteiger partial charge is 0.495 e. The minimum Gasteiger partial charge on any atom is -0.495 e. The van der Waals surface area contributed by atoms with Crippen LogP contribution in [-0.2, 0) is 0 Å². The van der Waals surface area contributed by atoms with Crippen LogP contribution < -0.4 is 15.4 Å². The SMILES string of the molecule is COc1ccc(NC(=O)c2ccc(C(=O)Nc3ccc(F)cc3)cc2)cc1Cl. The quantitative estimate of drug-likeness (QED) is 0.636. The van der Waals surface area contributed by atoms with Gasteiger partial charge >= 0.3 is 0 Å². The lowest BCUT2D eigenvalue weighted by Crippen LogP contribution is -2.14. The highest BCUT2D eigenvalue weighted by Crippen LogP contribution is 2.27. The summed E-state index contributed by atoms with van der Waals surface area (Å²) in [7, 11) is 1.51. The van der Waals surface area contributed by atoms with Crippen LogP contribution >= 0.6 is 11.6 Å². The fraction of sp³-hybridized carbons (Fsp3) is 0.0476. The molecule has 0 fully saturated rings. The molecule has 0 atom stereocenters. The fourth-order valence-corrected chi connectivity index (χ4v) is 2.71. The van der Waals surface area contributed by atoms with Crippen molar-refractivity contribution in [2.24, 2.45) is 0 Å². The number of carbonyl (C=O) groups is 2. The second kappa shape index (κ2) is 8.54. The molecule has 3 aromatic carbocycles. The van der Waals surface area contributed by atoms with Crippen LogP contribution in [0, 0.1) is 5.82 Å². The normalized spacial score (nSPS) is 10.2. The Kier molecular flexibility index (Phi) is 5.91. The maximum absolute atomic E-state index is 12.9. The van der Waals surface area contributed by atoms with Crippen molar-refractivity contribution in [3.63, 3.8) is 0 Å². The van der Waals surface area contributed by atoms with Crippen molar-refractivity contribution in [3.05, 3.63) is 88.7 Å². The lowest BCUT2D eigenvalue weighted by atomic mass is 10.1. The Morgan fingerprint density at radius 2 is 1.32 bits per heavy atom. The predicted octanol–water partition coefficient (Wildman–Crippen LogP) is 4.99. The van der Waals surface area contributed by atoms with Gasteiger partial charge in [0.05, 0.1) is 12.1 Å². The highest BCUT2D eigenvalue weighted by Gasteiger charge is 2.11. The lowest BCUT2D eigenvalue weighted by molar-refractivity contribution is 0.101. The number of nitrogens with one attached hydrogen (secondary N) is 2. The van der Waals surface area contributed by atoms with E-state index in [-0.39, 0.29) is 17.6 Å². The Hall–Kier alpha value is -3.38. The summed E-state index contributed by atoms with van der Waals surface area (Å²) in [6, 6.07) is 16.5. The van der Waals surface area contributed by atoms with Gasteiger partial charge in [-0.25, -0.2) is 4.39 Å². The molecule has 0 radical (unpaired) electrons. The van der Waals surface area contributed by atoms with E-state index in [1.54, 1.807) is 30.3 Å². The molecule has 2 amide bonds. The summed E-state index contributed by atoms with van der Waals surface area (Å²) in [6.45, 7) is 0. The summed E-state index contributed by atoms with van der Waals surface area (Å²) < 4.78 is 18.0. The molecule has 5 nitrogen and oxygen atoms in total. The van der Waals surface area contributed by atoms with Crippen LogP contribution in [0.2, 0.25) is 5.02 Å². The number of hydrogen-bond donors (Lipinski definition) is 2. The number of methoxy groups -OCH3 is 1.